The second kappa shape index (κ2) is 11.9. The number of carbonyl (C=O) groups is 1. The fourth-order valence-corrected chi connectivity index (χ4v) is 5.52. The predicted octanol–water partition coefficient (Wildman–Crippen LogP) is 5.35. The van der Waals surface area contributed by atoms with Gasteiger partial charge in [-0.25, -0.2) is 13.8 Å². The quantitative estimate of drug-likeness (QED) is 0.286. The SMILES string of the molecule is COc1ccc(S(=O)(=O)N(CC(=O)N/N=C(/C)c2ccc(C(C)(C)C)cc2)c2cc(C)cc(C)c2)cc1OC. The minimum absolute atomic E-state index is 0.0226. The first-order chi connectivity index (χ1) is 18.3. The third-order valence-electron chi connectivity index (χ3n) is 6.24. The molecule has 0 aliphatic heterocycles. The van der Waals surface area contributed by atoms with E-state index in [1.807, 2.05) is 44.2 Å². The molecule has 0 atom stereocenters. The third-order valence-corrected chi connectivity index (χ3v) is 8.01. The van der Waals surface area contributed by atoms with Crippen LogP contribution in [0.5, 0.6) is 11.5 Å². The average Bonchev–Trinajstić information content (AvgIpc) is 2.88. The van der Waals surface area contributed by atoms with Crippen molar-refractivity contribution in [2.75, 3.05) is 25.1 Å². The van der Waals surface area contributed by atoms with Crippen molar-refractivity contribution in [2.45, 2.75) is 51.9 Å². The molecule has 3 aromatic carbocycles. The number of rotatable bonds is 9. The van der Waals surface area contributed by atoms with E-state index >= 15 is 0 Å². The summed E-state index contributed by atoms with van der Waals surface area (Å²) >= 11 is 0. The minimum atomic E-state index is -4.16. The highest BCUT2D eigenvalue weighted by atomic mass is 32.2. The molecule has 3 aromatic rings. The van der Waals surface area contributed by atoms with Crippen LogP contribution < -0.4 is 19.2 Å². The monoisotopic (exact) mass is 551 g/mol. The van der Waals surface area contributed by atoms with Crippen molar-refractivity contribution in [2.24, 2.45) is 5.10 Å². The smallest absolute Gasteiger partial charge is 0.264 e. The summed E-state index contributed by atoms with van der Waals surface area (Å²) in [5.74, 6) is 0.0810. The second-order valence-electron chi connectivity index (χ2n) is 10.4. The molecule has 39 heavy (non-hydrogen) atoms. The van der Waals surface area contributed by atoms with Crippen LogP contribution in [-0.2, 0) is 20.2 Å². The Morgan fingerprint density at radius 3 is 2.03 bits per heavy atom. The highest BCUT2D eigenvalue weighted by Crippen LogP contribution is 2.32. The molecular weight excluding hydrogens is 514 g/mol. The number of methoxy groups -OCH3 is 2. The predicted molar refractivity (Wildman–Crippen MR) is 155 cm³/mol. The van der Waals surface area contributed by atoms with Crippen molar-refractivity contribution in [1.82, 2.24) is 5.43 Å². The van der Waals surface area contributed by atoms with E-state index in [1.165, 1.54) is 38.0 Å². The summed E-state index contributed by atoms with van der Waals surface area (Å²) in [5, 5.41) is 4.23. The van der Waals surface area contributed by atoms with Crippen LogP contribution in [0, 0.1) is 13.8 Å². The molecule has 0 fully saturated rings. The van der Waals surface area contributed by atoms with E-state index in [-0.39, 0.29) is 16.1 Å². The second-order valence-corrected chi connectivity index (χ2v) is 12.3. The molecule has 9 heteroatoms. The number of carbonyl (C=O) groups excluding carboxylic acids is 1. The van der Waals surface area contributed by atoms with Crippen LogP contribution in [-0.4, -0.2) is 40.8 Å². The van der Waals surface area contributed by atoms with Gasteiger partial charge in [-0.1, -0.05) is 51.1 Å². The van der Waals surface area contributed by atoms with Gasteiger partial charge in [-0.05, 0) is 72.7 Å². The molecule has 0 saturated carbocycles. The normalized spacial score (nSPS) is 12.2. The Balaban J connectivity index is 1.92. The molecule has 1 N–H and O–H groups in total. The Kier molecular flexibility index (Phi) is 9.07. The van der Waals surface area contributed by atoms with Crippen molar-refractivity contribution < 1.29 is 22.7 Å². The zero-order valence-electron chi connectivity index (χ0n) is 23.8. The van der Waals surface area contributed by atoms with Crippen LogP contribution in [0.2, 0.25) is 0 Å². The molecule has 208 valence electrons. The van der Waals surface area contributed by atoms with Gasteiger partial charge in [0, 0.05) is 6.07 Å². The molecule has 0 saturated heterocycles. The molecule has 0 spiro atoms. The summed E-state index contributed by atoms with van der Waals surface area (Å²) in [5.41, 5.74) is 7.29. The number of hydrazone groups is 1. The number of nitrogens with zero attached hydrogens (tertiary/aromatic N) is 2. The van der Waals surface area contributed by atoms with E-state index < -0.39 is 22.5 Å². The lowest BCUT2D eigenvalue weighted by Crippen LogP contribution is -2.39. The van der Waals surface area contributed by atoms with Gasteiger partial charge in [-0.3, -0.25) is 9.10 Å². The first-order valence-corrected chi connectivity index (χ1v) is 14.0. The van der Waals surface area contributed by atoms with E-state index in [9.17, 15) is 13.2 Å². The molecule has 3 rings (SSSR count). The molecule has 0 aliphatic rings. The van der Waals surface area contributed by atoms with Gasteiger partial charge in [-0.2, -0.15) is 5.10 Å². The maximum Gasteiger partial charge on any atom is 0.264 e. The van der Waals surface area contributed by atoms with Crippen molar-refractivity contribution in [3.8, 4) is 11.5 Å². The van der Waals surface area contributed by atoms with E-state index in [2.05, 4.69) is 31.3 Å². The maximum absolute atomic E-state index is 13.8. The first kappa shape index (κ1) is 29.7. The molecule has 0 radical (unpaired) electrons. The summed E-state index contributed by atoms with van der Waals surface area (Å²) in [6.07, 6.45) is 0. The largest absolute Gasteiger partial charge is 0.493 e. The summed E-state index contributed by atoms with van der Waals surface area (Å²) in [6, 6.07) is 17.7. The topological polar surface area (TPSA) is 97.3 Å². The lowest BCUT2D eigenvalue weighted by atomic mass is 9.86. The Labute approximate surface area is 231 Å². The number of nitrogens with one attached hydrogen (secondary N) is 1. The molecule has 0 unspecified atom stereocenters. The molecular formula is C30H37N3O5S. The van der Waals surface area contributed by atoms with Crippen LogP contribution in [0.3, 0.4) is 0 Å². The standard InChI is InChI=1S/C30H37N3O5S/c1-20-15-21(2)17-25(16-20)33(39(35,36)26-13-14-27(37-7)28(18-26)38-8)19-29(34)32-31-22(3)23-9-11-24(12-10-23)30(4,5)6/h9-18H,19H2,1-8H3,(H,32,34)/b31-22-. The lowest BCUT2D eigenvalue weighted by molar-refractivity contribution is -0.119. The average molecular weight is 552 g/mol. The summed E-state index contributed by atoms with van der Waals surface area (Å²) in [6.45, 7) is 11.5. The molecule has 0 heterocycles. The zero-order valence-corrected chi connectivity index (χ0v) is 24.6. The van der Waals surface area contributed by atoms with Gasteiger partial charge >= 0.3 is 0 Å². The number of benzene rings is 3. The van der Waals surface area contributed by atoms with E-state index in [1.54, 1.807) is 19.1 Å². The van der Waals surface area contributed by atoms with Gasteiger partial charge < -0.3 is 9.47 Å². The van der Waals surface area contributed by atoms with Gasteiger partial charge in [-0.15, -0.1) is 0 Å². The van der Waals surface area contributed by atoms with Gasteiger partial charge in [0.15, 0.2) is 11.5 Å². The summed E-state index contributed by atoms with van der Waals surface area (Å²) < 4.78 is 39.3. The molecule has 0 aliphatic carbocycles. The van der Waals surface area contributed by atoms with Crippen molar-refractivity contribution in [3.05, 3.63) is 82.9 Å². The first-order valence-electron chi connectivity index (χ1n) is 12.5. The fourth-order valence-electron chi connectivity index (χ4n) is 4.10. The Bertz CT molecular complexity index is 1450. The minimum Gasteiger partial charge on any atom is -0.493 e. The van der Waals surface area contributed by atoms with E-state index in [0.29, 0.717) is 17.1 Å². The Morgan fingerprint density at radius 1 is 0.897 bits per heavy atom. The van der Waals surface area contributed by atoms with Gasteiger partial charge in [0.05, 0.1) is 30.5 Å². The van der Waals surface area contributed by atoms with Crippen LogP contribution in [0.15, 0.2) is 70.7 Å². The van der Waals surface area contributed by atoms with Crippen LogP contribution in [0.25, 0.3) is 0 Å². The van der Waals surface area contributed by atoms with Crippen LogP contribution >= 0.6 is 0 Å². The maximum atomic E-state index is 13.8. The summed E-state index contributed by atoms with van der Waals surface area (Å²) in [4.78, 5) is 13.0. The molecule has 0 bridgehead atoms. The Morgan fingerprint density at radius 2 is 1.49 bits per heavy atom. The highest BCUT2D eigenvalue weighted by Gasteiger charge is 2.29. The van der Waals surface area contributed by atoms with Crippen LogP contribution in [0.1, 0.15) is 49.9 Å². The molecule has 0 aromatic heterocycles. The highest BCUT2D eigenvalue weighted by molar-refractivity contribution is 7.92. The lowest BCUT2D eigenvalue weighted by Gasteiger charge is -2.25. The zero-order chi connectivity index (χ0) is 29.0. The van der Waals surface area contributed by atoms with Crippen molar-refractivity contribution >= 4 is 27.3 Å². The number of ether oxygens (including phenoxy) is 2. The van der Waals surface area contributed by atoms with Crippen molar-refractivity contribution in [3.63, 3.8) is 0 Å². The van der Waals surface area contributed by atoms with Crippen LogP contribution in [0.4, 0.5) is 5.69 Å². The number of anilines is 1. The molecule has 1 amide bonds. The fraction of sp³-hybridized carbons (Fsp3) is 0.333. The van der Waals surface area contributed by atoms with Gasteiger partial charge in [0.2, 0.25) is 0 Å². The van der Waals surface area contributed by atoms with Gasteiger partial charge in [0.25, 0.3) is 15.9 Å². The molecule has 8 nitrogen and oxygen atoms in total. The number of amides is 1. The summed E-state index contributed by atoms with van der Waals surface area (Å²) in [7, 11) is -1.26. The third kappa shape index (κ3) is 7.17. The van der Waals surface area contributed by atoms with E-state index in [4.69, 9.17) is 9.47 Å². The number of hydrogen-bond acceptors (Lipinski definition) is 6. The number of hydrogen-bond donors (Lipinski definition) is 1. The van der Waals surface area contributed by atoms with Crippen molar-refractivity contribution in [1.29, 1.82) is 0 Å². The van der Waals surface area contributed by atoms with Gasteiger partial charge in [0.1, 0.15) is 6.54 Å². The Hall–Kier alpha value is -3.85. The van der Waals surface area contributed by atoms with E-state index in [0.717, 1.165) is 21.0 Å². The number of sulfonamides is 1. The number of aryl methyl sites for hydroxylation is 2.